The number of likely N-dealkylation sites (tertiary alicyclic amines) is 1. The van der Waals surface area contributed by atoms with Crippen molar-refractivity contribution in [1.29, 1.82) is 0 Å². The van der Waals surface area contributed by atoms with Gasteiger partial charge in [-0.15, -0.1) is 11.7 Å². The molecule has 0 radical (unpaired) electrons. The number of rotatable bonds is 9. The number of aromatic nitrogens is 2. The number of carbonyl (C=O) groups excluding carboxylic acids is 1. The lowest BCUT2D eigenvalue weighted by atomic mass is 10.0. The number of nitrogens with one attached hydrogen (secondary N) is 1. The van der Waals surface area contributed by atoms with E-state index in [1.165, 1.54) is 38.1 Å². The van der Waals surface area contributed by atoms with Crippen molar-refractivity contribution in [1.82, 2.24) is 14.9 Å². The molecule has 3 heterocycles. The summed E-state index contributed by atoms with van der Waals surface area (Å²) < 4.78 is 41.9. The van der Waals surface area contributed by atoms with Crippen LogP contribution in [0.1, 0.15) is 43.4 Å². The lowest BCUT2D eigenvalue weighted by Crippen LogP contribution is -2.44. The number of hydrogen-bond donors (Lipinski definition) is 1. The molecule has 1 aromatic heterocycles. The maximum Gasteiger partial charge on any atom is 0.244 e. The number of fused-ring (bicyclic) bond motifs is 1. The Morgan fingerprint density at radius 1 is 1.03 bits per heavy atom. The Morgan fingerprint density at radius 2 is 1.74 bits per heavy atom. The van der Waals surface area contributed by atoms with Gasteiger partial charge in [0.05, 0.1) is 11.2 Å². The molecule has 1 amide bonds. The zero-order chi connectivity index (χ0) is 27.4. The number of carbonyl (C=O) groups is 1. The lowest BCUT2D eigenvalue weighted by Gasteiger charge is -2.36. The lowest BCUT2D eigenvalue weighted by molar-refractivity contribution is -0.116. The highest BCUT2D eigenvalue weighted by Crippen LogP contribution is 2.52. The van der Waals surface area contributed by atoms with E-state index in [-0.39, 0.29) is 18.1 Å². The topological polar surface area (TPSA) is 70.6 Å². The molecule has 0 unspecified atom stereocenters. The van der Waals surface area contributed by atoms with Gasteiger partial charge >= 0.3 is 0 Å². The molecular weight excluding hydrogens is 527 g/mol. The summed E-state index contributed by atoms with van der Waals surface area (Å²) in [5.41, 5.74) is 3.25. The molecule has 2 aliphatic heterocycles. The number of nitrogens with zero attached hydrogens (tertiary/aromatic N) is 4. The van der Waals surface area contributed by atoms with Crippen molar-refractivity contribution < 1.29 is 21.2 Å². The van der Waals surface area contributed by atoms with Gasteiger partial charge in [0.15, 0.2) is 5.94 Å². The minimum atomic E-state index is -5.20. The summed E-state index contributed by atoms with van der Waals surface area (Å²) in [6.07, 6.45) is 5.62. The summed E-state index contributed by atoms with van der Waals surface area (Å²) in [5, 5.41) is 3.84. The normalized spacial score (nSPS) is 17.5. The van der Waals surface area contributed by atoms with Crippen molar-refractivity contribution in [3.8, 4) is 5.75 Å². The van der Waals surface area contributed by atoms with Crippen molar-refractivity contribution in [2.75, 3.05) is 42.3 Å². The van der Waals surface area contributed by atoms with Crippen molar-refractivity contribution >= 4 is 39.6 Å². The van der Waals surface area contributed by atoms with Gasteiger partial charge in [-0.1, -0.05) is 12.1 Å². The molecule has 7 nitrogen and oxygen atoms in total. The van der Waals surface area contributed by atoms with E-state index in [0.29, 0.717) is 18.2 Å². The van der Waals surface area contributed by atoms with E-state index >= 15 is 0 Å². The number of hydrogen-bond acceptors (Lipinski definition) is 6. The second-order valence-corrected chi connectivity index (χ2v) is 11.5. The van der Waals surface area contributed by atoms with Crippen LogP contribution in [0.5, 0.6) is 5.75 Å². The van der Waals surface area contributed by atoms with E-state index in [0.717, 1.165) is 54.0 Å². The van der Waals surface area contributed by atoms with Gasteiger partial charge in [-0.2, -0.15) is 0 Å². The van der Waals surface area contributed by atoms with Gasteiger partial charge in [0, 0.05) is 36.6 Å². The molecule has 39 heavy (non-hydrogen) atoms. The highest BCUT2D eigenvalue weighted by Gasteiger charge is 2.27. The number of ether oxygens (including phenoxy) is 1. The Hall–Kier alpha value is -3.05. The predicted octanol–water partition coefficient (Wildman–Crippen LogP) is 6.37. The average molecular weight is 562 g/mol. The van der Waals surface area contributed by atoms with Crippen LogP contribution in [0.15, 0.2) is 42.5 Å². The fraction of sp³-hybridized carbons (Fsp3) is 0.464. The fourth-order valence-electron chi connectivity index (χ4n) is 5.39. The maximum atomic E-state index is 12.6. The van der Waals surface area contributed by atoms with Gasteiger partial charge in [0.25, 0.3) is 0 Å². The first-order valence-corrected chi connectivity index (χ1v) is 14.9. The summed E-state index contributed by atoms with van der Waals surface area (Å²) >= 11 is -5.20. The van der Waals surface area contributed by atoms with Crippen LogP contribution in [0.3, 0.4) is 0 Å². The molecule has 2 aliphatic rings. The van der Waals surface area contributed by atoms with E-state index in [1.54, 1.807) is 12.1 Å². The standard InChI is InChI=1S/C28H34F3N5O2S/c1-20-25-18-22(33-27(37)11-6-21-4-8-24(9-5-21)38-19-39(29,30)31)7-10-26(25)34-28(32-20)36-16-12-23(13-17-36)35-14-2-3-15-35/h4-5,7-10,18,23H,2-3,6,11-17,19H2,1H3,(H,33,37). The van der Waals surface area contributed by atoms with Crippen molar-refractivity contribution in [3.63, 3.8) is 0 Å². The fourth-order valence-corrected chi connectivity index (χ4v) is 5.66. The van der Waals surface area contributed by atoms with Crippen LogP contribution in [0.25, 0.3) is 10.9 Å². The number of anilines is 2. The number of amides is 1. The molecule has 0 spiro atoms. The third-order valence-electron chi connectivity index (χ3n) is 7.49. The zero-order valence-corrected chi connectivity index (χ0v) is 22.9. The quantitative estimate of drug-likeness (QED) is 0.328. The molecule has 1 N–H and O–H groups in total. The summed E-state index contributed by atoms with van der Waals surface area (Å²) in [6.45, 7) is 6.35. The Kier molecular flexibility index (Phi) is 8.46. The Balaban J connectivity index is 1.15. The molecule has 5 rings (SSSR count). The smallest absolute Gasteiger partial charge is 0.244 e. The third-order valence-corrected chi connectivity index (χ3v) is 7.87. The van der Waals surface area contributed by atoms with Gasteiger partial charge in [-0.3, -0.25) is 4.79 Å². The first kappa shape index (κ1) is 27.5. The molecule has 2 fully saturated rings. The Bertz CT molecular complexity index is 1290. The van der Waals surface area contributed by atoms with Crippen molar-refractivity contribution in [2.45, 2.75) is 51.5 Å². The Labute approximate surface area is 228 Å². The summed E-state index contributed by atoms with van der Waals surface area (Å²) in [7, 11) is 0. The molecular formula is C28H34F3N5O2S. The Morgan fingerprint density at radius 3 is 2.44 bits per heavy atom. The average Bonchev–Trinajstić information content (AvgIpc) is 3.46. The predicted molar refractivity (Wildman–Crippen MR) is 150 cm³/mol. The van der Waals surface area contributed by atoms with E-state index in [4.69, 9.17) is 14.7 Å². The molecule has 0 saturated carbocycles. The SMILES string of the molecule is Cc1nc(N2CCC(N3CCCC3)CC2)nc2ccc(NC(=O)CCc3ccc(OCS(F)(F)F)cc3)cc12. The minimum absolute atomic E-state index is 0.147. The zero-order valence-electron chi connectivity index (χ0n) is 22.0. The summed E-state index contributed by atoms with van der Waals surface area (Å²) in [5.74, 6) is -0.459. The van der Waals surface area contributed by atoms with E-state index in [2.05, 4.69) is 15.1 Å². The van der Waals surface area contributed by atoms with Crippen LogP contribution < -0.4 is 15.0 Å². The van der Waals surface area contributed by atoms with Crippen molar-refractivity contribution in [2.24, 2.45) is 0 Å². The van der Waals surface area contributed by atoms with Crippen LogP contribution in [-0.4, -0.2) is 58.9 Å². The van der Waals surface area contributed by atoms with Gasteiger partial charge in [0.1, 0.15) is 5.75 Å². The first-order valence-electron chi connectivity index (χ1n) is 13.4. The summed E-state index contributed by atoms with van der Waals surface area (Å²) in [4.78, 5) is 27.1. The molecule has 11 heteroatoms. The molecule has 2 saturated heterocycles. The highest BCUT2D eigenvalue weighted by molar-refractivity contribution is 8.20. The first-order chi connectivity index (χ1) is 18.7. The molecule has 2 aromatic carbocycles. The minimum Gasteiger partial charge on any atom is -0.477 e. The molecule has 0 atom stereocenters. The van der Waals surface area contributed by atoms with Gasteiger partial charge in [-0.25, -0.2) is 9.97 Å². The molecule has 210 valence electrons. The van der Waals surface area contributed by atoms with Gasteiger partial charge in [0.2, 0.25) is 23.0 Å². The molecule has 3 aromatic rings. The van der Waals surface area contributed by atoms with Gasteiger partial charge < -0.3 is 19.9 Å². The van der Waals surface area contributed by atoms with Crippen LogP contribution in [-0.2, 0) is 11.2 Å². The van der Waals surface area contributed by atoms with Crippen LogP contribution in [0.2, 0.25) is 0 Å². The molecule has 0 aliphatic carbocycles. The second kappa shape index (κ2) is 12.0. The van der Waals surface area contributed by atoms with Crippen LogP contribution >= 0.6 is 11.2 Å². The monoisotopic (exact) mass is 561 g/mol. The van der Waals surface area contributed by atoms with Crippen LogP contribution in [0.4, 0.5) is 23.3 Å². The van der Waals surface area contributed by atoms with Gasteiger partial charge in [-0.05, 0) is 88.0 Å². The molecule has 0 bridgehead atoms. The van der Waals surface area contributed by atoms with E-state index in [1.807, 2.05) is 25.1 Å². The number of aryl methyl sites for hydroxylation is 2. The highest BCUT2D eigenvalue weighted by atomic mass is 32.3. The third kappa shape index (κ3) is 7.33. The van der Waals surface area contributed by atoms with Crippen molar-refractivity contribution in [3.05, 3.63) is 53.7 Å². The number of halogens is 3. The largest absolute Gasteiger partial charge is 0.477 e. The number of benzene rings is 2. The summed E-state index contributed by atoms with van der Waals surface area (Å²) in [6, 6.07) is 12.7. The maximum absolute atomic E-state index is 12.6. The van der Waals surface area contributed by atoms with Crippen LogP contribution in [0, 0.1) is 6.92 Å². The van der Waals surface area contributed by atoms with E-state index < -0.39 is 17.1 Å². The second-order valence-electron chi connectivity index (χ2n) is 10.3. The van der Waals surface area contributed by atoms with E-state index in [9.17, 15) is 16.5 Å². The number of piperidine rings is 1.